The molecule has 0 rings (SSSR count). The zero-order valence-corrected chi connectivity index (χ0v) is 4.78. The molecule has 3 heteroatoms. The van der Waals surface area contributed by atoms with Crippen molar-refractivity contribution in [1.82, 2.24) is 0 Å². The first kappa shape index (κ1) is 6.37. The zero-order chi connectivity index (χ0) is 4.99. The molecule has 0 aromatic rings. The molecule has 0 aliphatic heterocycles. The fourth-order valence-corrected chi connectivity index (χ4v) is 0.254. The second-order valence-corrected chi connectivity index (χ2v) is 1.58. The van der Waals surface area contributed by atoms with Crippen molar-refractivity contribution >= 4 is 15.9 Å². The van der Waals surface area contributed by atoms with Crippen LogP contribution in [0.2, 0.25) is 0 Å². The number of hydrogen-bond acceptors (Lipinski definition) is 1. The van der Waals surface area contributed by atoms with Gasteiger partial charge >= 0.3 is 0 Å². The van der Waals surface area contributed by atoms with Crippen molar-refractivity contribution in [2.75, 3.05) is 11.9 Å². The van der Waals surface area contributed by atoms with Crippen molar-refractivity contribution in [2.45, 2.75) is 6.17 Å². The normalized spacial score (nSPS) is 14.5. The Balaban J connectivity index is 2.75. The van der Waals surface area contributed by atoms with Crippen molar-refractivity contribution in [2.24, 2.45) is 0 Å². The third-order valence-corrected chi connectivity index (χ3v) is 1.07. The summed E-state index contributed by atoms with van der Waals surface area (Å²) in [6, 6.07) is 0. The van der Waals surface area contributed by atoms with Gasteiger partial charge in [0.25, 0.3) is 0 Å². The average molecular weight is 157 g/mol. The molecule has 0 aromatic heterocycles. The number of rotatable bonds is 2. The summed E-state index contributed by atoms with van der Waals surface area (Å²) < 4.78 is 11.6. The van der Waals surface area contributed by atoms with Gasteiger partial charge in [-0.1, -0.05) is 15.9 Å². The largest absolute Gasteiger partial charge is 0.393 e. The summed E-state index contributed by atoms with van der Waals surface area (Å²) in [6.07, 6.45) is -1.09. The third-order valence-electron chi connectivity index (χ3n) is 0.366. The van der Waals surface area contributed by atoms with Crippen LogP contribution in [0, 0.1) is 0 Å². The molecule has 0 aliphatic carbocycles. The molecule has 1 atom stereocenters. The molecule has 0 bridgehead atoms. The Labute approximate surface area is 44.3 Å². The second-order valence-electron chi connectivity index (χ2n) is 0.934. The fraction of sp³-hybridized carbons (Fsp3) is 1.00. The smallest absolute Gasteiger partial charge is 0.133 e. The molecule has 0 amide bonds. The van der Waals surface area contributed by atoms with Crippen LogP contribution in [0.15, 0.2) is 0 Å². The summed E-state index contributed by atoms with van der Waals surface area (Å²) in [7, 11) is 0. The summed E-state index contributed by atoms with van der Waals surface area (Å²) in [4.78, 5) is 0. The van der Waals surface area contributed by atoms with E-state index in [1.807, 2.05) is 0 Å². The van der Waals surface area contributed by atoms with Gasteiger partial charge in [-0.3, -0.25) is 0 Å². The van der Waals surface area contributed by atoms with E-state index in [1.54, 1.807) is 0 Å². The fourth-order valence-electron chi connectivity index (χ4n) is 0.0488. The minimum Gasteiger partial charge on any atom is -0.393 e. The Morgan fingerprint density at radius 3 is 2.33 bits per heavy atom. The van der Waals surface area contributed by atoms with E-state index < -0.39 is 6.17 Å². The highest BCUT2D eigenvalue weighted by atomic mass is 79.9. The van der Waals surface area contributed by atoms with Crippen molar-refractivity contribution in [3.05, 3.63) is 0 Å². The van der Waals surface area contributed by atoms with E-state index in [2.05, 4.69) is 15.9 Å². The lowest BCUT2D eigenvalue weighted by molar-refractivity contribution is 0.195. The molecule has 1 N–H and O–H groups in total. The maximum atomic E-state index is 11.6. The van der Waals surface area contributed by atoms with E-state index in [0.29, 0.717) is 0 Å². The number of alkyl halides is 2. The number of hydrogen-bond donors (Lipinski definition) is 1. The summed E-state index contributed by atoms with van der Waals surface area (Å²) in [6.45, 7) is -0.384. The first-order valence-electron chi connectivity index (χ1n) is 1.62. The topological polar surface area (TPSA) is 20.2 Å². The molecule has 0 radical (unpaired) electrons. The van der Waals surface area contributed by atoms with E-state index in [4.69, 9.17) is 5.11 Å². The Bertz CT molecular complexity index is 30.0. The number of aliphatic hydroxyl groups excluding tert-OH is 1. The van der Waals surface area contributed by atoms with Crippen LogP contribution < -0.4 is 0 Å². The SMILES string of the molecule is OC[C@@H](F)CBr. The first-order valence-corrected chi connectivity index (χ1v) is 2.74. The molecular weight excluding hydrogens is 151 g/mol. The van der Waals surface area contributed by atoms with E-state index in [1.165, 1.54) is 0 Å². The summed E-state index contributed by atoms with van der Waals surface area (Å²) in [5, 5.41) is 8.16. The molecule has 0 saturated heterocycles. The Morgan fingerprint density at radius 1 is 1.83 bits per heavy atom. The van der Waals surface area contributed by atoms with Crippen LogP contribution in [0.1, 0.15) is 0 Å². The Morgan fingerprint density at radius 2 is 2.33 bits per heavy atom. The molecule has 0 fully saturated rings. The molecule has 0 heterocycles. The van der Waals surface area contributed by atoms with Crippen molar-refractivity contribution < 1.29 is 9.50 Å². The highest BCUT2D eigenvalue weighted by Gasteiger charge is 1.97. The molecule has 6 heavy (non-hydrogen) atoms. The molecule has 0 aromatic carbocycles. The number of halogens is 2. The zero-order valence-electron chi connectivity index (χ0n) is 3.19. The minimum absolute atomic E-state index is 0.226. The lowest BCUT2D eigenvalue weighted by atomic mass is 10.5. The predicted molar refractivity (Wildman–Crippen MR) is 25.8 cm³/mol. The highest BCUT2D eigenvalue weighted by Crippen LogP contribution is 1.92. The van der Waals surface area contributed by atoms with Gasteiger partial charge in [-0.25, -0.2) is 4.39 Å². The van der Waals surface area contributed by atoms with Crippen LogP contribution in [-0.4, -0.2) is 23.2 Å². The molecule has 1 nitrogen and oxygen atoms in total. The molecule has 0 aliphatic rings. The lowest BCUT2D eigenvalue weighted by Gasteiger charge is -1.92. The molecule has 0 spiro atoms. The van der Waals surface area contributed by atoms with Gasteiger partial charge in [0.05, 0.1) is 6.61 Å². The summed E-state index contributed by atoms with van der Waals surface area (Å²) in [5.74, 6) is 0. The van der Waals surface area contributed by atoms with Gasteiger partial charge < -0.3 is 5.11 Å². The van der Waals surface area contributed by atoms with Crippen LogP contribution in [0.4, 0.5) is 4.39 Å². The van der Waals surface area contributed by atoms with Crippen LogP contribution in [-0.2, 0) is 0 Å². The van der Waals surface area contributed by atoms with Gasteiger partial charge in [-0.05, 0) is 0 Å². The van der Waals surface area contributed by atoms with Gasteiger partial charge in [-0.2, -0.15) is 0 Å². The number of aliphatic hydroxyl groups is 1. The predicted octanol–water partition coefficient (Wildman–Crippen LogP) is 0.712. The third kappa shape index (κ3) is 2.60. The van der Waals surface area contributed by atoms with Crippen molar-refractivity contribution in [3.63, 3.8) is 0 Å². The molecule has 38 valence electrons. The van der Waals surface area contributed by atoms with Crippen molar-refractivity contribution in [3.8, 4) is 0 Å². The van der Waals surface area contributed by atoms with Crippen LogP contribution in [0.25, 0.3) is 0 Å². The molecule has 0 saturated carbocycles. The van der Waals surface area contributed by atoms with Crippen LogP contribution in [0.3, 0.4) is 0 Å². The Kier molecular flexibility index (Phi) is 3.78. The summed E-state index contributed by atoms with van der Waals surface area (Å²) >= 11 is 2.84. The van der Waals surface area contributed by atoms with E-state index in [9.17, 15) is 4.39 Å². The minimum atomic E-state index is -1.09. The maximum absolute atomic E-state index is 11.6. The van der Waals surface area contributed by atoms with E-state index in [-0.39, 0.29) is 11.9 Å². The standard InChI is InChI=1S/C3H6BrFO/c4-1-3(5)2-6/h3,6H,1-2H2/t3-/m0/s1. The molecular formula is C3H6BrFO. The second kappa shape index (κ2) is 3.56. The van der Waals surface area contributed by atoms with Gasteiger partial charge in [0.15, 0.2) is 0 Å². The maximum Gasteiger partial charge on any atom is 0.133 e. The van der Waals surface area contributed by atoms with Crippen molar-refractivity contribution in [1.29, 1.82) is 0 Å². The first-order chi connectivity index (χ1) is 2.81. The monoisotopic (exact) mass is 156 g/mol. The van der Waals surface area contributed by atoms with Crippen LogP contribution >= 0.6 is 15.9 Å². The van der Waals surface area contributed by atoms with E-state index >= 15 is 0 Å². The van der Waals surface area contributed by atoms with E-state index in [0.717, 1.165) is 0 Å². The van der Waals surface area contributed by atoms with Crippen LogP contribution in [0.5, 0.6) is 0 Å². The average Bonchev–Trinajstić information content (AvgIpc) is 1.65. The highest BCUT2D eigenvalue weighted by molar-refractivity contribution is 9.09. The quantitative estimate of drug-likeness (QED) is 0.585. The van der Waals surface area contributed by atoms with Gasteiger partial charge in [0, 0.05) is 5.33 Å². The molecule has 0 unspecified atom stereocenters. The van der Waals surface area contributed by atoms with Gasteiger partial charge in [0.2, 0.25) is 0 Å². The summed E-state index contributed by atoms with van der Waals surface area (Å²) in [5.41, 5.74) is 0. The van der Waals surface area contributed by atoms with Gasteiger partial charge in [0.1, 0.15) is 6.17 Å². The Hall–Kier alpha value is 0.370. The lowest BCUT2D eigenvalue weighted by Crippen LogP contribution is -2.05. The van der Waals surface area contributed by atoms with Gasteiger partial charge in [-0.15, -0.1) is 0 Å².